The predicted octanol–water partition coefficient (Wildman–Crippen LogP) is 5.37. The molecule has 1 heterocycles. The number of aryl methyl sites for hydroxylation is 1. The van der Waals surface area contributed by atoms with Gasteiger partial charge in [-0.05, 0) is 61.6 Å². The number of ether oxygens (including phenoxy) is 2. The van der Waals surface area contributed by atoms with Crippen molar-refractivity contribution in [1.29, 1.82) is 0 Å². The number of hydrogen-bond donors (Lipinski definition) is 1. The molecule has 1 amide bonds. The molecule has 4 rings (SSSR count). The highest BCUT2D eigenvalue weighted by molar-refractivity contribution is 6.01. The van der Waals surface area contributed by atoms with Crippen LogP contribution in [0.3, 0.4) is 0 Å². The third-order valence-corrected chi connectivity index (χ3v) is 5.88. The second kappa shape index (κ2) is 8.84. The van der Waals surface area contributed by atoms with E-state index in [2.05, 4.69) is 29.5 Å². The third kappa shape index (κ3) is 4.29. The van der Waals surface area contributed by atoms with Gasteiger partial charge in [-0.2, -0.15) is 0 Å². The van der Waals surface area contributed by atoms with E-state index in [0.29, 0.717) is 23.0 Å². The second-order valence-electron chi connectivity index (χ2n) is 7.98. The van der Waals surface area contributed by atoms with Crippen LogP contribution in [0.2, 0.25) is 0 Å². The van der Waals surface area contributed by atoms with Crippen molar-refractivity contribution in [1.82, 2.24) is 5.16 Å². The Kier molecular flexibility index (Phi) is 5.98. The number of aromatic nitrogens is 1. The molecule has 1 saturated carbocycles. The van der Waals surface area contributed by atoms with Crippen molar-refractivity contribution in [3.8, 4) is 22.8 Å². The summed E-state index contributed by atoms with van der Waals surface area (Å²) in [6.45, 7) is 2.18. The maximum atomic E-state index is 13.1. The van der Waals surface area contributed by atoms with Gasteiger partial charge in [-0.1, -0.05) is 30.6 Å². The zero-order valence-electron chi connectivity index (χ0n) is 18.2. The molecule has 6 heteroatoms. The summed E-state index contributed by atoms with van der Waals surface area (Å²) in [7, 11) is 3.19. The summed E-state index contributed by atoms with van der Waals surface area (Å²) >= 11 is 0. The van der Waals surface area contributed by atoms with Crippen LogP contribution in [0.1, 0.15) is 43.9 Å². The Morgan fingerprint density at radius 3 is 2.45 bits per heavy atom. The Hall–Kier alpha value is -3.28. The summed E-state index contributed by atoms with van der Waals surface area (Å²) in [5.41, 5.74) is 2.95. The summed E-state index contributed by atoms with van der Waals surface area (Å²) in [6, 6.07) is 15.5. The minimum Gasteiger partial charge on any atom is -0.493 e. The fraction of sp³-hybridized carbons (Fsp3) is 0.360. The fourth-order valence-electron chi connectivity index (χ4n) is 3.74. The summed E-state index contributed by atoms with van der Waals surface area (Å²) in [5, 5.41) is 7.28. The minimum atomic E-state index is -0.626. The van der Waals surface area contributed by atoms with Crippen molar-refractivity contribution in [3.63, 3.8) is 0 Å². The quantitative estimate of drug-likeness (QED) is 0.504. The highest BCUT2D eigenvalue weighted by atomic mass is 16.5. The summed E-state index contributed by atoms with van der Waals surface area (Å²) in [4.78, 5) is 13.1. The van der Waals surface area contributed by atoms with E-state index in [1.165, 1.54) is 18.4 Å². The predicted molar refractivity (Wildman–Crippen MR) is 120 cm³/mol. The van der Waals surface area contributed by atoms with Gasteiger partial charge in [0.25, 0.3) is 0 Å². The van der Waals surface area contributed by atoms with Crippen LogP contribution in [0.25, 0.3) is 11.3 Å². The van der Waals surface area contributed by atoms with Gasteiger partial charge in [-0.25, -0.2) is 0 Å². The highest BCUT2D eigenvalue weighted by Gasteiger charge is 2.53. The van der Waals surface area contributed by atoms with Crippen molar-refractivity contribution in [2.45, 2.75) is 44.4 Å². The molecule has 0 spiro atoms. The van der Waals surface area contributed by atoms with E-state index >= 15 is 0 Å². The van der Waals surface area contributed by atoms with E-state index in [4.69, 9.17) is 14.0 Å². The molecule has 0 saturated heterocycles. The van der Waals surface area contributed by atoms with Crippen LogP contribution in [0, 0.1) is 0 Å². The lowest BCUT2D eigenvalue weighted by Crippen LogP contribution is -2.28. The van der Waals surface area contributed by atoms with Gasteiger partial charge in [-0.15, -0.1) is 0 Å². The Balaban J connectivity index is 1.49. The van der Waals surface area contributed by atoms with E-state index in [-0.39, 0.29) is 5.91 Å². The average molecular weight is 421 g/mol. The molecule has 6 nitrogen and oxygen atoms in total. The minimum absolute atomic E-state index is 0.0408. The number of nitrogens with zero attached hydrogens (tertiary/aromatic N) is 1. The van der Waals surface area contributed by atoms with Gasteiger partial charge in [0.1, 0.15) is 0 Å². The zero-order valence-corrected chi connectivity index (χ0v) is 18.2. The molecule has 1 fully saturated rings. The number of methoxy groups -OCH3 is 2. The fourth-order valence-corrected chi connectivity index (χ4v) is 3.74. The van der Waals surface area contributed by atoms with E-state index in [9.17, 15) is 4.79 Å². The zero-order chi connectivity index (χ0) is 21.8. The normalized spacial score (nSPS) is 14.2. The van der Waals surface area contributed by atoms with Crippen molar-refractivity contribution in [3.05, 3.63) is 59.8 Å². The smallest absolute Gasteiger partial charge is 0.236 e. The van der Waals surface area contributed by atoms with Crippen molar-refractivity contribution in [2.75, 3.05) is 19.5 Å². The molecule has 0 unspecified atom stereocenters. The standard InChI is InChI=1S/C25H28N2O4/c1-4-5-6-17-7-10-19(11-8-17)26-24(28)25(13-14-25)23-16-21(31-27-23)18-9-12-20(29-2)22(15-18)30-3/h7-12,15-16H,4-6,13-14H2,1-3H3,(H,26,28). The molecule has 1 N–H and O–H groups in total. The van der Waals surface area contributed by atoms with Crippen LogP contribution in [0.5, 0.6) is 11.5 Å². The van der Waals surface area contributed by atoms with Crippen LogP contribution >= 0.6 is 0 Å². The van der Waals surface area contributed by atoms with Gasteiger partial charge >= 0.3 is 0 Å². The Morgan fingerprint density at radius 1 is 1.06 bits per heavy atom. The number of nitrogens with one attached hydrogen (secondary N) is 1. The van der Waals surface area contributed by atoms with Crippen LogP contribution in [-0.2, 0) is 16.6 Å². The Bertz CT molecular complexity index is 1050. The lowest BCUT2D eigenvalue weighted by atomic mass is 10.00. The maximum absolute atomic E-state index is 13.1. The lowest BCUT2D eigenvalue weighted by molar-refractivity contribution is -0.118. The van der Waals surface area contributed by atoms with Crippen molar-refractivity contribution < 1.29 is 18.8 Å². The van der Waals surface area contributed by atoms with Crippen LogP contribution in [-0.4, -0.2) is 25.3 Å². The molecule has 0 bridgehead atoms. The summed E-state index contributed by atoms with van der Waals surface area (Å²) in [5.74, 6) is 1.81. The van der Waals surface area contributed by atoms with E-state index < -0.39 is 5.41 Å². The van der Waals surface area contributed by atoms with Gasteiger partial charge in [0.15, 0.2) is 17.3 Å². The molecular formula is C25H28N2O4. The molecule has 3 aromatic rings. The SMILES string of the molecule is CCCCc1ccc(NC(=O)C2(c3cc(-c4ccc(OC)c(OC)c4)on3)CC2)cc1. The van der Waals surface area contributed by atoms with Gasteiger partial charge in [0.2, 0.25) is 5.91 Å². The average Bonchev–Trinajstić information content (AvgIpc) is 3.47. The molecule has 1 aliphatic rings. The van der Waals surface area contributed by atoms with Crippen molar-refractivity contribution >= 4 is 11.6 Å². The summed E-state index contributed by atoms with van der Waals surface area (Å²) < 4.78 is 16.2. The van der Waals surface area contributed by atoms with E-state index in [0.717, 1.165) is 30.5 Å². The number of hydrogen-bond acceptors (Lipinski definition) is 5. The van der Waals surface area contributed by atoms with Gasteiger partial charge in [-0.3, -0.25) is 4.79 Å². The number of carbonyl (C=O) groups excluding carboxylic acids is 1. The van der Waals surface area contributed by atoms with Gasteiger partial charge in [0, 0.05) is 17.3 Å². The van der Waals surface area contributed by atoms with E-state index in [1.807, 2.05) is 36.4 Å². The second-order valence-corrected chi connectivity index (χ2v) is 7.98. The number of anilines is 1. The topological polar surface area (TPSA) is 73.6 Å². The molecule has 0 aliphatic heterocycles. The van der Waals surface area contributed by atoms with Gasteiger partial charge < -0.3 is 19.3 Å². The maximum Gasteiger partial charge on any atom is 0.236 e. The number of rotatable bonds is 9. The first-order valence-electron chi connectivity index (χ1n) is 10.7. The Labute approximate surface area is 182 Å². The molecule has 2 aromatic carbocycles. The van der Waals surface area contributed by atoms with Crippen LogP contribution in [0.4, 0.5) is 5.69 Å². The largest absolute Gasteiger partial charge is 0.493 e. The number of amides is 1. The third-order valence-electron chi connectivity index (χ3n) is 5.88. The molecule has 162 valence electrons. The lowest BCUT2D eigenvalue weighted by Gasteiger charge is -2.13. The van der Waals surface area contributed by atoms with E-state index in [1.54, 1.807) is 14.2 Å². The molecule has 1 aliphatic carbocycles. The molecule has 1 aromatic heterocycles. The number of unbranched alkanes of at least 4 members (excludes halogenated alkanes) is 1. The van der Waals surface area contributed by atoms with Crippen LogP contribution < -0.4 is 14.8 Å². The number of benzene rings is 2. The molecule has 0 radical (unpaired) electrons. The summed E-state index contributed by atoms with van der Waals surface area (Å²) in [6.07, 6.45) is 4.91. The Morgan fingerprint density at radius 2 is 1.81 bits per heavy atom. The highest BCUT2D eigenvalue weighted by Crippen LogP contribution is 2.49. The first kappa shape index (κ1) is 21.0. The molecular weight excluding hydrogens is 392 g/mol. The molecule has 0 atom stereocenters. The first-order chi connectivity index (χ1) is 15.1. The van der Waals surface area contributed by atoms with Crippen molar-refractivity contribution in [2.24, 2.45) is 0 Å². The monoisotopic (exact) mass is 420 g/mol. The van der Waals surface area contributed by atoms with Gasteiger partial charge in [0.05, 0.1) is 25.3 Å². The van der Waals surface area contributed by atoms with Crippen LogP contribution in [0.15, 0.2) is 53.1 Å². The first-order valence-corrected chi connectivity index (χ1v) is 10.7. The number of carbonyl (C=O) groups is 1. The molecule has 31 heavy (non-hydrogen) atoms.